The molecule has 1 atom stereocenters. The third-order valence-corrected chi connectivity index (χ3v) is 4.31. The molecule has 1 aliphatic heterocycles. The number of rotatable bonds is 2. The Bertz CT molecular complexity index is 924. The lowest BCUT2D eigenvalue weighted by atomic mass is 10.1. The van der Waals surface area contributed by atoms with E-state index in [1.807, 2.05) is 28.8 Å². The molecule has 1 aliphatic rings. The number of nitrogens with zero attached hydrogens (tertiary/aromatic N) is 4. The first-order valence-electron chi connectivity index (χ1n) is 7.71. The van der Waals surface area contributed by atoms with Gasteiger partial charge in [0.1, 0.15) is 11.6 Å². The van der Waals surface area contributed by atoms with Gasteiger partial charge in [0.25, 0.3) is 5.91 Å². The second-order valence-corrected chi connectivity index (χ2v) is 5.77. The fraction of sp³-hybridized carbons (Fsp3) is 0.235. The normalized spacial score (nSPS) is 17.6. The molecular weight excluding hydrogens is 314 g/mol. The first kappa shape index (κ1) is 14.7. The topological polar surface area (TPSA) is 50.5 Å². The van der Waals surface area contributed by atoms with Gasteiger partial charge in [-0.05, 0) is 43.2 Å². The summed E-state index contributed by atoms with van der Waals surface area (Å²) in [5.41, 5.74) is 0.430. The predicted molar refractivity (Wildman–Crippen MR) is 82.4 cm³/mol. The molecule has 0 saturated carbocycles. The molecule has 0 aliphatic carbocycles. The van der Waals surface area contributed by atoms with Gasteiger partial charge in [0.15, 0.2) is 11.5 Å². The molecule has 1 aromatic carbocycles. The van der Waals surface area contributed by atoms with E-state index < -0.39 is 17.5 Å². The van der Waals surface area contributed by atoms with Crippen LogP contribution in [-0.4, -0.2) is 31.9 Å². The summed E-state index contributed by atoms with van der Waals surface area (Å²) in [7, 11) is 0. The number of aromatic nitrogens is 3. The fourth-order valence-corrected chi connectivity index (χ4v) is 3.18. The van der Waals surface area contributed by atoms with Gasteiger partial charge in [0.2, 0.25) is 0 Å². The third-order valence-electron chi connectivity index (χ3n) is 4.31. The van der Waals surface area contributed by atoms with Crippen molar-refractivity contribution in [3.05, 3.63) is 65.6 Å². The highest BCUT2D eigenvalue weighted by molar-refractivity contribution is 5.95. The van der Waals surface area contributed by atoms with Crippen LogP contribution in [0.4, 0.5) is 8.78 Å². The van der Waals surface area contributed by atoms with Crippen LogP contribution in [0.3, 0.4) is 0 Å². The fourth-order valence-electron chi connectivity index (χ4n) is 3.18. The summed E-state index contributed by atoms with van der Waals surface area (Å²) in [5.74, 6) is -1.25. The lowest BCUT2D eigenvalue weighted by Crippen LogP contribution is -2.32. The van der Waals surface area contributed by atoms with Crippen molar-refractivity contribution < 1.29 is 13.6 Å². The van der Waals surface area contributed by atoms with Gasteiger partial charge in [-0.3, -0.25) is 9.20 Å². The molecule has 3 heterocycles. The lowest BCUT2D eigenvalue weighted by Gasteiger charge is -2.23. The molecule has 0 spiro atoms. The van der Waals surface area contributed by atoms with Crippen molar-refractivity contribution in [2.75, 3.05) is 6.54 Å². The molecule has 0 N–H and O–H groups in total. The highest BCUT2D eigenvalue weighted by Crippen LogP contribution is 2.32. The van der Waals surface area contributed by atoms with Gasteiger partial charge in [0, 0.05) is 12.7 Å². The maximum Gasteiger partial charge on any atom is 0.257 e. The monoisotopic (exact) mass is 328 g/mol. The maximum absolute atomic E-state index is 13.9. The minimum absolute atomic E-state index is 0.254. The van der Waals surface area contributed by atoms with E-state index in [0.29, 0.717) is 24.4 Å². The average molecular weight is 328 g/mol. The van der Waals surface area contributed by atoms with E-state index in [0.717, 1.165) is 24.6 Å². The standard InChI is InChI=1S/C17H14F2N4O/c18-11-6-7-13(19)12(10-11)17(24)22-9-3-4-14(22)16-21-20-15-5-1-2-8-23(15)16/h1-2,5-8,10,14H,3-4,9H2. The summed E-state index contributed by atoms with van der Waals surface area (Å²) in [6.45, 7) is 0.473. The van der Waals surface area contributed by atoms with E-state index >= 15 is 0 Å². The molecule has 1 amide bonds. The first-order chi connectivity index (χ1) is 11.6. The van der Waals surface area contributed by atoms with Gasteiger partial charge < -0.3 is 4.90 Å². The van der Waals surface area contributed by atoms with Crippen LogP contribution in [0.15, 0.2) is 42.6 Å². The second kappa shape index (κ2) is 5.67. The van der Waals surface area contributed by atoms with E-state index in [2.05, 4.69) is 10.2 Å². The number of amides is 1. The molecule has 7 heteroatoms. The quantitative estimate of drug-likeness (QED) is 0.727. The van der Waals surface area contributed by atoms with E-state index in [1.54, 1.807) is 4.90 Å². The van der Waals surface area contributed by atoms with Crippen molar-refractivity contribution in [3.63, 3.8) is 0 Å². The van der Waals surface area contributed by atoms with E-state index in [4.69, 9.17) is 0 Å². The van der Waals surface area contributed by atoms with E-state index in [-0.39, 0.29) is 11.6 Å². The zero-order valence-corrected chi connectivity index (χ0v) is 12.7. The number of carbonyl (C=O) groups is 1. The van der Waals surface area contributed by atoms with Gasteiger partial charge in [-0.15, -0.1) is 10.2 Å². The van der Waals surface area contributed by atoms with Crippen LogP contribution < -0.4 is 0 Å². The van der Waals surface area contributed by atoms with Crippen LogP contribution in [0.2, 0.25) is 0 Å². The molecule has 1 saturated heterocycles. The SMILES string of the molecule is O=C(c1cc(F)ccc1F)N1CCCC1c1nnc2ccccn12. The molecule has 0 radical (unpaired) electrons. The number of pyridine rings is 1. The summed E-state index contributed by atoms with van der Waals surface area (Å²) >= 11 is 0. The first-order valence-corrected chi connectivity index (χ1v) is 7.71. The predicted octanol–water partition coefficient (Wildman–Crippen LogP) is 2.98. The molecule has 0 bridgehead atoms. The number of likely N-dealkylation sites (tertiary alicyclic amines) is 1. The number of hydrogen-bond donors (Lipinski definition) is 0. The summed E-state index contributed by atoms with van der Waals surface area (Å²) in [5, 5.41) is 8.30. The minimum Gasteiger partial charge on any atom is -0.328 e. The van der Waals surface area contributed by atoms with Gasteiger partial charge in [-0.2, -0.15) is 0 Å². The molecule has 3 aromatic rings. The van der Waals surface area contributed by atoms with Crippen molar-refractivity contribution in [2.24, 2.45) is 0 Å². The number of benzene rings is 1. The molecule has 1 fully saturated rings. The zero-order chi connectivity index (χ0) is 16.7. The smallest absolute Gasteiger partial charge is 0.257 e. The largest absolute Gasteiger partial charge is 0.328 e. The van der Waals surface area contributed by atoms with Crippen LogP contribution in [-0.2, 0) is 0 Å². The number of carbonyl (C=O) groups excluding carboxylic acids is 1. The summed E-state index contributed by atoms with van der Waals surface area (Å²) in [6, 6.07) is 8.14. The molecule has 1 unspecified atom stereocenters. The Labute approximate surface area is 136 Å². The maximum atomic E-state index is 13.9. The van der Waals surface area contributed by atoms with Crippen LogP contribution in [0.5, 0.6) is 0 Å². The summed E-state index contributed by atoms with van der Waals surface area (Å²) < 4.78 is 29.2. The number of halogens is 2. The van der Waals surface area contributed by atoms with Crippen LogP contribution in [0.1, 0.15) is 35.1 Å². The van der Waals surface area contributed by atoms with E-state index in [1.165, 1.54) is 0 Å². The molecule has 122 valence electrons. The Kier molecular flexibility index (Phi) is 3.48. The number of fused-ring (bicyclic) bond motifs is 1. The van der Waals surface area contributed by atoms with Crippen LogP contribution >= 0.6 is 0 Å². The molecule has 5 nitrogen and oxygen atoms in total. The third kappa shape index (κ3) is 2.33. The summed E-state index contributed by atoms with van der Waals surface area (Å²) in [6.07, 6.45) is 3.31. The second-order valence-electron chi connectivity index (χ2n) is 5.77. The Morgan fingerprint density at radius 3 is 2.92 bits per heavy atom. The van der Waals surface area contributed by atoms with Gasteiger partial charge in [-0.25, -0.2) is 8.78 Å². The van der Waals surface area contributed by atoms with Crippen LogP contribution in [0.25, 0.3) is 5.65 Å². The van der Waals surface area contributed by atoms with Gasteiger partial charge in [-0.1, -0.05) is 6.07 Å². The van der Waals surface area contributed by atoms with Gasteiger partial charge >= 0.3 is 0 Å². The highest BCUT2D eigenvalue weighted by atomic mass is 19.1. The Morgan fingerprint density at radius 2 is 2.04 bits per heavy atom. The van der Waals surface area contributed by atoms with E-state index in [9.17, 15) is 13.6 Å². The molecule has 4 rings (SSSR count). The molecule has 2 aromatic heterocycles. The number of hydrogen-bond acceptors (Lipinski definition) is 3. The molecular formula is C17H14F2N4O. The van der Waals surface area contributed by atoms with Crippen molar-refractivity contribution in [2.45, 2.75) is 18.9 Å². The Morgan fingerprint density at radius 1 is 1.17 bits per heavy atom. The Hall–Kier alpha value is -2.83. The molecule has 24 heavy (non-hydrogen) atoms. The summed E-state index contributed by atoms with van der Waals surface area (Å²) in [4.78, 5) is 14.3. The average Bonchev–Trinajstić information content (AvgIpc) is 3.22. The van der Waals surface area contributed by atoms with Gasteiger partial charge in [0.05, 0.1) is 11.6 Å². The minimum atomic E-state index is -0.724. The van der Waals surface area contributed by atoms with Crippen molar-refractivity contribution in [1.29, 1.82) is 0 Å². The van der Waals surface area contributed by atoms with Crippen molar-refractivity contribution in [1.82, 2.24) is 19.5 Å². The van der Waals surface area contributed by atoms with Crippen molar-refractivity contribution >= 4 is 11.6 Å². The zero-order valence-electron chi connectivity index (χ0n) is 12.7. The van der Waals surface area contributed by atoms with Crippen molar-refractivity contribution in [3.8, 4) is 0 Å². The lowest BCUT2D eigenvalue weighted by molar-refractivity contribution is 0.0724. The highest BCUT2D eigenvalue weighted by Gasteiger charge is 2.34. The van der Waals surface area contributed by atoms with Crippen LogP contribution in [0, 0.1) is 11.6 Å². The Balaban J connectivity index is 1.72.